The van der Waals surface area contributed by atoms with Gasteiger partial charge in [-0.15, -0.1) is 0 Å². The second-order valence-electron chi connectivity index (χ2n) is 2.25. The first-order chi connectivity index (χ1) is 5.25. The zero-order valence-corrected chi connectivity index (χ0v) is 6.14. The van der Waals surface area contributed by atoms with Gasteiger partial charge < -0.3 is 4.74 Å². The summed E-state index contributed by atoms with van der Waals surface area (Å²) in [6.45, 7) is 2.39. The molecule has 0 aromatic rings. The highest BCUT2D eigenvalue weighted by Crippen LogP contribution is 2.13. The number of hydrogen-bond acceptors (Lipinski definition) is 2. The van der Waals surface area contributed by atoms with E-state index in [1.54, 1.807) is 0 Å². The molecule has 0 radical (unpaired) electrons. The van der Waals surface area contributed by atoms with Crippen LogP contribution in [0.3, 0.4) is 0 Å². The highest BCUT2D eigenvalue weighted by Gasteiger charge is 2.14. The number of allylic oxidation sites excluding steroid dienone is 1. The Labute approximate surface area is 62.3 Å². The zero-order valence-electron chi connectivity index (χ0n) is 7.14. The van der Waals surface area contributed by atoms with E-state index in [4.69, 9.17) is 6.11 Å². The van der Waals surface area contributed by atoms with Crippen LogP contribution in [0.15, 0.2) is 11.6 Å². The van der Waals surface area contributed by atoms with Crippen LogP contribution in [0.5, 0.6) is 0 Å². The lowest BCUT2D eigenvalue weighted by atomic mass is 10.1. The summed E-state index contributed by atoms with van der Waals surface area (Å²) >= 11 is 0. The van der Waals surface area contributed by atoms with Crippen molar-refractivity contribution >= 4 is 5.97 Å². The third kappa shape index (κ3) is 1.59. The van der Waals surface area contributed by atoms with Gasteiger partial charge in [-0.05, 0) is 19.3 Å². The average Bonchev–Trinajstić information content (AvgIpc) is 2.04. The number of hydrogen-bond donors (Lipinski definition) is 0. The number of ether oxygens (including phenoxy) is 1. The molecule has 1 fully saturated rings. The lowest BCUT2D eigenvalue weighted by molar-refractivity contribution is -0.141. The normalized spacial score (nSPS) is 25.3. The van der Waals surface area contributed by atoms with Crippen LogP contribution in [0.4, 0.5) is 0 Å². The van der Waals surface area contributed by atoms with Crippen molar-refractivity contribution in [2.45, 2.75) is 26.2 Å². The van der Waals surface area contributed by atoms with Crippen LogP contribution in [-0.4, -0.2) is 12.6 Å². The lowest BCUT2D eigenvalue weighted by Crippen LogP contribution is -2.15. The standard InChI is InChI=1S/C8H12O2/c1-2-4-7-5-3-6-10-8(7)9/h4H,2-3,5-6H2,1H3/b7-4+/i4D. The molecule has 0 N–H and O–H groups in total. The molecule has 2 heteroatoms. The molecular formula is C8H12O2. The highest BCUT2D eigenvalue weighted by molar-refractivity contribution is 5.88. The summed E-state index contributed by atoms with van der Waals surface area (Å²) < 4.78 is 12.2. The van der Waals surface area contributed by atoms with E-state index in [0.717, 1.165) is 6.42 Å². The maximum absolute atomic E-state index is 11.0. The van der Waals surface area contributed by atoms with Crippen LogP contribution < -0.4 is 0 Å². The van der Waals surface area contributed by atoms with Crippen molar-refractivity contribution in [2.75, 3.05) is 6.61 Å². The molecule has 0 atom stereocenters. The van der Waals surface area contributed by atoms with Crippen molar-refractivity contribution in [3.8, 4) is 0 Å². The average molecular weight is 141 g/mol. The molecule has 0 unspecified atom stereocenters. The Morgan fingerprint density at radius 1 is 1.90 bits per heavy atom. The van der Waals surface area contributed by atoms with Crippen molar-refractivity contribution in [1.29, 1.82) is 0 Å². The number of esters is 1. The van der Waals surface area contributed by atoms with Crippen LogP contribution in [-0.2, 0) is 9.53 Å². The molecular weight excluding hydrogens is 128 g/mol. The largest absolute Gasteiger partial charge is 0.462 e. The van der Waals surface area contributed by atoms with E-state index in [1.165, 1.54) is 0 Å². The summed E-state index contributed by atoms with van der Waals surface area (Å²) in [4.78, 5) is 11.0. The Morgan fingerprint density at radius 2 is 2.70 bits per heavy atom. The first-order valence-corrected chi connectivity index (χ1v) is 3.61. The highest BCUT2D eigenvalue weighted by atomic mass is 16.5. The van der Waals surface area contributed by atoms with E-state index in [1.807, 2.05) is 6.92 Å². The molecule has 0 amide bonds. The molecule has 0 aromatic heterocycles. The Bertz CT molecular complexity index is 196. The van der Waals surface area contributed by atoms with E-state index in [-0.39, 0.29) is 5.97 Å². The van der Waals surface area contributed by atoms with Crippen molar-refractivity contribution in [3.63, 3.8) is 0 Å². The predicted molar refractivity (Wildman–Crippen MR) is 38.6 cm³/mol. The molecule has 0 aromatic carbocycles. The van der Waals surface area contributed by atoms with Gasteiger partial charge in [0.2, 0.25) is 0 Å². The maximum atomic E-state index is 11.0. The Hall–Kier alpha value is -0.790. The molecule has 1 rings (SSSR count). The molecule has 1 heterocycles. The van der Waals surface area contributed by atoms with Gasteiger partial charge in [-0.1, -0.05) is 13.0 Å². The van der Waals surface area contributed by atoms with Crippen molar-refractivity contribution in [2.24, 2.45) is 0 Å². The van der Waals surface area contributed by atoms with Crippen LogP contribution in [0.25, 0.3) is 0 Å². The maximum Gasteiger partial charge on any atom is 0.333 e. The number of carbonyl (C=O) groups is 1. The van der Waals surface area contributed by atoms with E-state index >= 15 is 0 Å². The van der Waals surface area contributed by atoms with Crippen LogP contribution >= 0.6 is 0 Å². The summed E-state index contributed by atoms with van der Waals surface area (Å²) in [6.07, 6.45) is 2.19. The summed E-state index contributed by atoms with van der Waals surface area (Å²) in [5.41, 5.74) is 0.568. The molecule has 0 saturated carbocycles. The first-order valence-electron chi connectivity index (χ1n) is 4.11. The van der Waals surface area contributed by atoms with Gasteiger partial charge in [-0.2, -0.15) is 0 Å². The summed E-state index contributed by atoms with van der Waals surface area (Å²) in [6, 6.07) is 0.426. The summed E-state index contributed by atoms with van der Waals surface area (Å²) in [5, 5.41) is 0. The minimum atomic E-state index is -0.289. The number of carbonyl (C=O) groups excluding carboxylic acids is 1. The van der Waals surface area contributed by atoms with Gasteiger partial charge in [0.25, 0.3) is 0 Å². The van der Waals surface area contributed by atoms with Crippen LogP contribution in [0.2, 0.25) is 0 Å². The van der Waals surface area contributed by atoms with E-state index in [9.17, 15) is 4.79 Å². The monoisotopic (exact) mass is 141 g/mol. The van der Waals surface area contributed by atoms with Crippen molar-refractivity contribution in [1.82, 2.24) is 0 Å². The Morgan fingerprint density at radius 3 is 3.30 bits per heavy atom. The van der Waals surface area contributed by atoms with E-state index in [2.05, 4.69) is 0 Å². The van der Waals surface area contributed by atoms with Crippen LogP contribution in [0.1, 0.15) is 27.6 Å². The second kappa shape index (κ2) is 3.40. The Kier molecular flexibility index (Phi) is 2.02. The van der Waals surface area contributed by atoms with Gasteiger partial charge in [0.1, 0.15) is 0 Å². The molecule has 1 aliphatic rings. The molecule has 10 heavy (non-hydrogen) atoms. The number of rotatable bonds is 1. The fraction of sp³-hybridized carbons (Fsp3) is 0.625. The smallest absolute Gasteiger partial charge is 0.333 e. The molecule has 56 valence electrons. The third-order valence-corrected chi connectivity index (χ3v) is 1.44. The van der Waals surface area contributed by atoms with Gasteiger partial charge in [0, 0.05) is 5.57 Å². The molecule has 0 spiro atoms. The van der Waals surface area contributed by atoms with E-state index < -0.39 is 0 Å². The summed E-state index contributed by atoms with van der Waals surface area (Å²) in [5.74, 6) is -0.289. The number of cyclic esters (lactones) is 1. The third-order valence-electron chi connectivity index (χ3n) is 1.44. The molecule has 1 saturated heterocycles. The molecule has 0 aliphatic carbocycles. The SMILES string of the molecule is [2H]/C(CC)=C1/CCCOC1=O. The van der Waals surface area contributed by atoms with Gasteiger partial charge in [0.15, 0.2) is 0 Å². The zero-order chi connectivity index (χ0) is 8.27. The topological polar surface area (TPSA) is 26.3 Å². The fourth-order valence-corrected chi connectivity index (χ4v) is 0.977. The molecule has 2 nitrogen and oxygen atoms in total. The van der Waals surface area contributed by atoms with Gasteiger partial charge in [-0.25, -0.2) is 4.79 Å². The lowest BCUT2D eigenvalue weighted by Gasteiger charge is -2.13. The quantitative estimate of drug-likeness (QED) is 0.410. The van der Waals surface area contributed by atoms with Gasteiger partial charge in [0.05, 0.1) is 7.98 Å². The predicted octanol–water partition coefficient (Wildman–Crippen LogP) is 1.66. The minimum Gasteiger partial charge on any atom is -0.462 e. The van der Waals surface area contributed by atoms with Crippen molar-refractivity contribution < 1.29 is 10.9 Å². The van der Waals surface area contributed by atoms with Crippen LogP contribution in [0, 0.1) is 0 Å². The summed E-state index contributed by atoms with van der Waals surface area (Å²) in [7, 11) is 0. The first kappa shape index (κ1) is 5.96. The molecule has 0 bridgehead atoms. The minimum absolute atomic E-state index is 0.289. The Balaban J connectivity index is 2.75. The fourth-order valence-electron chi connectivity index (χ4n) is 0.977. The second-order valence-corrected chi connectivity index (χ2v) is 2.25. The van der Waals surface area contributed by atoms with Crippen molar-refractivity contribution in [3.05, 3.63) is 11.6 Å². The van der Waals surface area contributed by atoms with E-state index in [0.29, 0.717) is 31.1 Å². The van der Waals surface area contributed by atoms with Gasteiger partial charge >= 0.3 is 5.97 Å². The van der Waals surface area contributed by atoms with Gasteiger partial charge in [-0.3, -0.25) is 0 Å². The molecule has 1 aliphatic heterocycles.